The lowest BCUT2D eigenvalue weighted by atomic mass is 9.86. The molecule has 0 heterocycles. The third kappa shape index (κ3) is 6.69. The highest BCUT2D eigenvalue weighted by atomic mass is 16.6. The zero-order chi connectivity index (χ0) is 20.1. The molecule has 0 saturated heterocycles. The molecule has 28 heavy (non-hydrogen) atoms. The number of methoxy groups -OCH3 is 1. The van der Waals surface area contributed by atoms with Crippen LogP contribution in [0.5, 0.6) is 0 Å². The van der Waals surface area contributed by atoms with Crippen LogP contribution in [0.2, 0.25) is 0 Å². The van der Waals surface area contributed by atoms with Gasteiger partial charge in [-0.1, -0.05) is 60.7 Å². The van der Waals surface area contributed by atoms with Crippen molar-refractivity contribution in [2.75, 3.05) is 53.3 Å². The van der Waals surface area contributed by atoms with Crippen molar-refractivity contribution in [3.05, 3.63) is 81.9 Å². The summed E-state index contributed by atoms with van der Waals surface area (Å²) in [7, 11) is 1.62. The van der Waals surface area contributed by atoms with Crippen molar-refractivity contribution in [3.63, 3.8) is 0 Å². The maximum absolute atomic E-state index is 11.5. The smallest absolute Gasteiger partial charge is 0.240 e. The van der Waals surface area contributed by atoms with E-state index < -0.39 is 5.60 Å². The molecule has 0 amide bonds. The van der Waals surface area contributed by atoms with Crippen LogP contribution in [-0.4, -0.2) is 58.2 Å². The summed E-state index contributed by atoms with van der Waals surface area (Å²) in [5.41, 5.74) is 0.297. The van der Waals surface area contributed by atoms with Crippen LogP contribution in [0.25, 0.3) is 0 Å². The topological polar surface area (TPSA) is 80.1 Å². The fraction of sp³-hybridized carbons (Fsp3) is 0.429. The van der Waals surface area contributed by atoms with Crippen molar-refractivity contribution in [3.8, 4) is 0 Å². The summed E-state index contributed by atoms with van der Waals surface area (Å²) in [6.45, 7) is 2.10. The van der Waals surface area contributed by atoms with Gasteiger partial charge >= 0.3 is 0 Å². The Hall–Kier alpha value is -2.32. The normalized spacial score (nSPS) is 11.5. The van der Waals surface area contributed by atoms with Crippen LogP contribution in [0.1, 0.15) is 11.1 Å². The van der Waals surface area contributed by atoms with Gasteiger partial charge in [0, 0.05) is 12.0 Å². The first-order valence-electron chi connectivity index (χ1n) is 9.20. The van der Waals surface area contributed by atoms with E-state index in [1.54, 1.807) is 7.11 Å². The van der Waals surface area contributed by atoms with Crippen LogP contribution in [0.3, 0.4) is 0 Å². The van der Waals surface area contributed by atoms with E-state index in [0.717, 1.165) is 11.1 Å². The molecule has 2 aromatic rings. The van der Waals surface area contributed by atoms with E-state index in [-0.39, 0.29) is 18.1 Å². The van der Waals surface area contributed by atoms with Crippen molar-refractivity contribution in [2.45, 2.75) is 5.60 Å². The summed E-state index contributed by atoms with van der Waals surface area (Å²) >= 11 is 0. The molecule has 7 nitrogen and oxygen atoms in total. The lowest BCUT2D eigenvalue weighted by molar-refractivity contribution is -0.501. The van der Waals surface area contributed by atoms with Crippen molar-refractivity contribution in [2.24, 2.45) is 0 Å². The van der Waals surface area contributed by atoms with Gasteiger partial charge in [-0.3, -0.25) is 10.1 Å². The second-order valence-corrected chi connectivity index (χ2v) is 6.12. The van der Waals surface area contributed by atoms with E-state index in [2.05, 4.69) is 0 Å². The number of hydrogen-bond acceptors (Lipinski definition) is 6. The number of ether oxygens (including phenoxy) is 4. The number of rotatable bonds is 14. The van der Waals surface area contributed by atoms with E-state index >= 15 is 0 Å². The van der Waals surface area contributed by atoms with Gasteiger partial charge in [-0.25, -0.2) is 0 Å². The fourth-order valence-corrected chi connectivity index (χ4v) is 2.90. The number of nitro groups is 1. The van der Waals surface area contributed by atoms with E-state index in [1.807, 2.05) is 60.7 Å². The second-order valence-electron chi connectivity index (χ2n) is 6.12. The molecule has 0 spiro atoms. The Morgan fingerprint density at radius 3 is 1.71 bits per heavy atom. The quantitative estimate of drug-likeness (QED) is 0.281. The Kier molecular flexibility index (Phi) is 9.57. The summed E-state index contributed by atoms with van der Waals surface area (Å²) in [6, 6.07) is 18.5. The summed E-state index contributed by atoms with van der Waals surface area (Å²) in [5.74, 6) is 0. The molecule has 0 N–H and O–H groups in total. The standard InChI is InChI=1S/C21H27NO6/c1-25-12-13-26-14-15-27-16-17-28-21(18-22(23)24,19-8-4-2-5-9-19)20-10-6-3-7-11-20/h2-11H,12-18H2,1H3. The molecule has 7 heteroatoms. The molecule has 0 fully saturated rings. The average molecular weight is 389 g/mol. The summed E-state index contributed by atoms with van der Waals surface area (Å²) in [6.07, 6.45) is 0. The molecule has 2 aromatic carbocycles. The molecule has 0 radical (unpaired) electrons. The van der Waals surface area contributed by atoms with Gasteiger partial charge in [0.2, 0.25) is 6.54 Å². The van der Waals surface area contributed by atoms with Gasteiger partial charge in [-0.05, 0) is 11.1 Å². The van der Waals surface area contributed by atoms with Crippen molar-refractivity contribution >= 4 is 0 Å². The molecule has 0 unspecified atom stereocenters. The van der Waals surface area contributed by atoms with Crippen molar-refractivity contribution in [1.82, 2.24) is 0 Å². The van der Waals surface area contributed by atoms with Gasteiger partial charge in [-0.2, -0.15) is 0 Å². The van der Waals surface area contributed by atoms with Crippen LogP contribution in [0, 0.1) is 10.1 Å². The van der Waals surface area contributed by atoms with Gasteiger partial charge in [-0.15, -0.1) is 0 Å². The summed E-state index contributed by atoms with van der Waals surface area (Å²) < 4.78 is 21.9. The number of hydrogen-bond donors (Lipinski definition) is 0. The van der Waals surface area contributed by atoms with Crippen molar-refractivity contribution in [1.29, 1.82) is 0 Å². The SMILES string of the molecule is COCCOCCOCCOC(C[N+](=O)[O-])(c1ccccc1)c1ccccc1. The van der Waals surface area contributed by atoms with E-state index in [9.17, 15) is 10.1 Å². The maximum Gasteiger partial charge on any atom is 0.240 e. The van der Waals surface area contributed by atoms with Crippen LogP contribution in [0.4, 0.5) is 0 Å². The van der Waals surface area contributed by atoms with E-state index in [4.69, 9.17) is 18.9 Å². The van der Waals surface area contributed by atoms with Crippen LogP contribution in [0.15, 0.2) is 60.7 Å². The zero-order valence-electron chi connectivity index (χ0n) is 16.1. The zero-order valence-corrected chi connectivity index (χ0v) is 16.1. The van der Waals surface area contributed by atoms with Crippen LogP contribution >= 0.6 is 0 Å². The molecule has 0 aliphatic heterocycles. The average Bonchev–Trinajstić information content (AvgIpc) is 2.72. The summed E-state index contributed by atoms with van der Waals surface area (Å²) in [5, 5.41) is 11.5. The first-order valence-corrected chi connectivity index (χ1v) is 9.20. The van der Waals surface area contributed by atoms with Gasteiger partial charge in [0.05, 0.1) is 39.6 Å². The van der Waals surface area contributed by atoms with Gasteiger partial charge in [0.15, 0.2) is 5.60 Å². The number of benzene rings is 2. The Bertz CT molecular complexity index is 640. The Morgan fingerprint density at radius 2 is 1.25 bits per heavy atom. The predicted octanol–water partition coefficient (Wildman–Crippen LogP) is 2.90. The molecule has 0 atom stereocenters. The van der Waals surface area contributed by atoms with Crippen LogP contribution in [-0.2, 0) is 24.5 Å². The Morgan fingerprint density at radius 1 is 0.786 bits per heavy atom. The third-order valence-corrected chi connectivity index (χ3v) is 4.21. The van der Waals surface area contributed by atoms with Gasteiger partial charge < -0.3 is 18.9 Å². The highest BCUT2D eigenvalue weighted by Crippen LogP contribution is 2.34. The predicted molar refractivity (Wildman–Crippen MR) is 105 cm³/mol. The molecule has 0 aliphatic carbocycles. The minimum Gasteiger partial charge on any atom is -0.382 e. The molecule has 0 aromatic heterocycles. The first-order chi connectivity index (χ1) is 13.7. The van der Waals surface area contributed by atoms with E-state index in [1.165, 1.54) is 0 Å². The Labute approximate surface area is 165 Å². The Balaban J connectivity index is 2.03. The highest BCUT2D eigenvalue weighted by Gasteiger charge is 2.40. The summed E-state index contributed by atoms with van der Waals surface area (Å²) in [4.78, 5) is 11.1. The van der Waals surface area contributed by atoms with Gasteiger partial charge in [0.1, 0.15) is 0 Å². The minimum atomic E-state index is -1.18. The lowest BCUT2D eigenvalue weighted by Crippen LogP contribution is -2.39. The molecule has 0 bridgehead atoms. The monoisotopic (exact) mass is 389 g/mol. The highest BCUT2D eigenvalue weighted by molar-refractivity contribution is 5.36. The molecule has 152 valence electrons. The minimum absolute atomic E-state index is 0.218. The van der Waals surface area contributed by atoms with Gasteiger partial charge in [0.25, 0.3) is 0 Å². The molecule has 0 aliphatic rings. The van der Waals surface area contributed by atoms with Crippen LogP contribution < -0.4 is 0 Å². The lowest BCUT2D eigenvalue weighted by Gasteiger charge is -2.31. The molecule has 0 saturated carbocycles. The van der Waals surface area contributed by atoms with E-state index in [0.29, 0.717) is 33.0 Å². The number of nitrogens with zero attached hydrogens (tertiary/aromatic N) is 1. The third-order valence-electron chi connectivity index (χ3n) is 4.21. The first kappa shape index (κ1) is 22.0. The maximum atomic E-state index is 11.5. The molecular weight excluding hydrogens is 362 g/mol. The molecule has 2 rings (SSSR count). The fourth-order valence-electron chi connectivity index (χ4n) is 2.90. The largest absolute Gasteiger partial charge is 0.382 e. The molecular formula is C21H27NO6. The second kappa shape index (κ2) is 12.2. The van der Waals surface area contributed by atoms with Crippen molar-refractivity contribution < 1.29 is 23.9 Å².